The van der Waals surface area contributed by atoms with Crippen molar-refractivity contribution in [3.05, 3.63) is 47.5 Å². The number of aromatic nitrogens is 2. The lowest BCUT2D eigenvalue weighted by Crippen LogP contribution is -1.99. The molecule has 2 aromatic carbocycles. The molecule has 0 bridgehead atoms. The number of hydrogen-bond donors (Lipinski definition) is 2. The van der Waals surface area contributed by atoms with Gasteiger partial charge in [-0.2, -0.15) is 0 Å². The number of nitrogens with zero attached hydrogens (tertiary/aromatic N) is 2. The number of benzene rings is 2. The summed E-state index contributed by atoms with van der Waals surface area (Å²) in [5, 5.41) is 13.3. The van der Waals surface area contributed by atoms with Gasteiger partial charge in [0.1, 0.15) is 12.1 Å². The van der Waals surface area contributed by atoms with E-state index >= 15 is 0 Å². The van der Waals surface area contributed by atoms with Gasteiger partial charge in [0.15, 0.2) is 17.3 Å². The van der Waals surface area contributed by atoms with Gasteiger partial charge in [-0.1, -0.05) is 31.5 Å². The third-order valence-electron chi connectivity index (χ3n) is 3.14. The van der Waals surface area contributed by atoms with Crippen LogP contribution in [-0.4, -0.2) is 22.2 Å². The van der Waals surface area contributed by atoms with Crippen LogP contribution in [0.1, 0.15) is 13.8 Å². The highest BCUT2D eigenvalue weighted by atomic mass is 35.5. The largest absolute Gasteiger partial charge is 0.504 e. The maximum Gasteiger partial charge on any atom is 0.165 e. The van der Waals surface area contributed by atoms with Crippen LogP contribution in [0.25, 0.3) is 10.9 Å². The predicted octanol–water partition coefficient (Wildman–Crippen LogP) is 4.91. The number of rotatable bonds is 3. The average molecular weight is 350 g/mol. The maximum absolute atomic E-state index is 14.0. The minimum absolute atomic E-state index is 0.00729. The highest BCUT2D eigenvalue weighted by Crippen LogP contribution is 2.34. The average Bonchev–Trinajstić information content (AvgIpc) is 2.60. The zero-order valence-corrected chi connectivity index (χ0v) is 14.2. The Balaban J connectivity index is 0.00000100. The summed E-state index contributed by atoms with van der Waals surface area (Å²) in [5.74, 6) is 0.0169. The summed E-state index contributed by atoms with van der Waals surface area (Å²) in [5.41, 5.74) is 0.734. The Morgan fingerprint density at radius 3 is 2.67 bits per heavy atom. The molecule has 0 fully saturated rings. The Morgan fingerprint density at radius 2 is 1.96 bits per heavy atom. The Kier molecular flexibility index (Phi) is 5.76. The molecule has 2 N–H and O–H groups in total. The van der Waals surface area contributed by atoms with Gasteiger partial charge in [-0.3, -0.25) is 0 Å². The van der Waals surface area contributed by atoms with Gasteiger partial charge in [0.2, 0.25) is 0 Å². The fraction of sp³-hybridized carbons (Fsp3) is 0.176. The molecule has 3 rings (SSSR count). The lowest BCUT2D eigenvalue weighted by atomic mass is 10.2. The summed E-state index contributed by atoms with van der Waals surface area (Å²) in [6.45, 7) is 4.00. The van der Waals surface area contributed by atoms with Crippen molar-refractivity contribution >= 4 is 34.0 Å². The summed E-state index contributed by atoms with van der Waals surface area (Å²) in [6.07, 6.45) is 1.34. The third-order valence-corrected chi connectivity index (χ3v) is 3.43. The van der Waals surface area contributed by atoms with E-state index in [-0.39, 0.29) is 16.5 Å². The van der Waals surface area contributed by atoms with Crippen LogP contribution in [-0.2, 0) is 0 Å². The number of nitrogens with one attached hydrogen (secondary N) is 1. The number of phenolic OH excluding ortho intramolecular Hbond substituents is 1. The first-order valence-corrected chi connectivity index (χ1v) is 7.70. The van der Waals surface area contributed by atoms with Gasteiger partial charge in [-0.25, -0.2) is 14.4 Å². The smallest absolute Gasteiger partial charge is 0.165 e. The van der Waals surface area contributed by atoms with Crippen LogP contribution in [0.4, 0.5) is 15.9 Å². The number of fused-ring (bicyclic) bond motifs is 1. The topological polar surface area (TPSA) is 67.3 Å². The SMILES string of the molecule is CC.COc1cc2ncnc(Nc3cccc(Cl)c3F)c2cc1O. The van der Waals surface area contributed by atoms with Crippen LogP contribution in [0, 0.1) is 5.82 Å². The van der Waals surface area contributed by atoms with Crippen molar-refractivity contribution in [2.24, 2.45) is 0 Å². The summed E-state index contributed by atoms with van der Waals surface area (Å²) < 4.78 is 19.0. The molecule has 126 valence electrons. The number of aromatic hydroxyl groups is 1. The number of ether oxygens (including phenoxy) is 1. The van der Waals surface area contributed by atoms with E-state index in [1.165, 1.54) is 25.6 Å². The molecular formula is C17H17ClFN3O2. The highest BCUT2D eigenvalue weighted by Gasteiger charge is 2.12. The Bertz CT molecular complexity index is 859. The van der Waals surface area contributed by atoms with Gasteiger partial charge >= 0.3 is 0 Å². The van der Waals surface area contributed by atoms with E-state index in [2.05, 4.69) is 15.3 Å². The molecule has 3 aromatic rings. The molecule has 7 heteroatoms. The van der Waals surface area contributed by atoms with Crippen LogP contribution in [0.2, 0.25) is 5.02 Å². The van der Waals surface area contributed by atoms with E-state index in [9.17, 15) is 9.50 Å². The summed E-state index contributed by atoms with van der Waals surface area (Å²) in [4.78, 5) is 8.20. The zero-order chi connectivity index (χ0) is 17.7. The molecule has 0 spiro atoms. The Morgan fingerprint density at radius 1 is 1.21 bits per heavy atom. The van der Waals surface area contributed by atoms with Gasteiger partial charge in [-0.15, -0.1) is 0 Å². The number of anilines is 2. The molecule has 0 aliphatic carbocycles. The molecule has 0 saturated heterocycles. The Labute approximate surface area is 144 Å². The second-order valence-corrected chi connectivity index (χ2v) is 4.90. The van der Waals surface area contributed by atoms with Crippen molar-refractivity contribution in [3.63, 3.8) is 0 Å². The van der Waals surface area contributed by atoms with Crippen molar-refractivity contribution < 1.29 is 14.2 Å². The van der Waals surface area contributed by atoms with E-state index < -0.39 is 5.82 Å². The molecule has 0 unspecified atom stereocenters. The van der Waals surface area contributed by atoms with E-state index in [1.807, 2.05) is 13.8 Å². The molecule has 5 nitrogen and oxygen atoms in total. The van der Waals surface area contributed by atoms with Crippen LogP contribution >= 0.6 is 11.6 Å². The minimum Gasteiger partial charge on any atom is -0.504 e. The van der Waals surface area contributed by atoms with Crippen molar-refractivity contribution in [3.8, 4) is 11.5 Å². The second kappa shape index (κ2) is 7.79. The second-order valence-electron chi connectivity index (χ2n) is 4.49. The highest BCUT2D eigenvalue weighted by molar-refractivity contribution is 6.31. The standard InChI is InChI=1S/C15H11ClFN3O2.C2H6/c1-22-13-6-11-8(5-12(13)21)15(19-7-18-11)20-10-4-2-3-9(16)14(10)17;1-2/h2-7,21H,1H3,(H,18,19,20);1-2H3. The monoisotopic (exact) mass is 349 g/mol. The van der Waals surface area contributed by atoms with Crippen LogP contribution in [0.15, 0.2) is 36.7 Å². The molecule has 1 aromatic heterocycles. The molecule has 0 aliphatic heterocycles. The van der Waals surface area contributed by atoms with Crippen LogP contribution < -0.4 is 10.1 Å². The van der Waals surface area contributed by atoms with E-state index in [0.717, 1.165) is 0 Å². The molecule has 0 aliphatic rings. The minimum atomic E-state index is -0.575. The van der Waals surface area contributed by atoms with E-state index in [4.69, 9.17) is 16.3 Å². The first-order valence-electron chi connectivity index (χ1n) is 7.33. The summed E-state index contributed by atoms with van der Waals surface area (Å²) >= 11 is 5.76. The van der Waals surface area contributed by atoms with Crippen LogP contribution in [0.3, 0.4) is 0 Å². The lowest BCUT2D eigenvalue weighted by molar-refractivity contribution is 0.374. The first-order chi connectivity index (χ1) is 11.6. The fourth-order valence-corrected chi connectivity index (χ4v) is 2.24. The van der Waals surface area contributed by atoms with Gasteiger partial charge in [-0.05, 0) is 18.2 Å². The van der Waals surface area contributed by atoms with Crippen molar-refractivity contribution in [2.45, 2.75) is 13.8 Å². The molecule has 1 heterocycles. The number of methoxy groups -OCH3 is 1. The molecular weight excluding hydrogens is 333 g/mol. The molecule has 0 radical (unpaired) electrons. The zero-order valence-electron chi connectivity index (χ0n) is 13.5. The van der Waals surface area contributed by atoms with Crippen LogP contribution in [0.5, 0.6) is 11.5 Å². The summed E-state index contributed by atoms with van der Waals surface area (Å²) in [6, 6.07) is 7.65. The van der Waals surface area contributed by atoms with Crippen molar-refractivity contribution in [1.82, 2.24) is 9.97 Å². The number of phenols is 1. The maximum atomic E-state index is 14.0. The van der Waals surface area contributed by atoms with Crippen molar-refractivity contribution in [1.29, 1.82) is 0 Å². The number of hydrogen-bond acceptors (Lipinski definition) is 5. The Hall–Kier alpha value is -2.60. The van der Waals surface area contributed by atoms with Gasteiger partial charge in [0.05, 0.1) is 23.3 Å². The van der Waals surface area contributed by atoms with Gasteiger partial charge in [0, 0.05) is 11.5 Å². The molecule has 0 amide bonds. The van der Waals surface area contributed by atoms with E-state index in [0.29, 0.717) is 22.5 Å². The first kappa shape index (κ1) is 17.7. The molecule has 24 heavy (non-hydrogen) atoms. The summed E-state index contributed by atoms with van der Waals surface area (Å²) in [7, 11) is 1.45. The van der Waals surface area contributed by atoms with E-state index in [1.54, 1.807) is 18.2 Å². The van der Waals surface area contributed by atoms with Crippen molar-refractivity contribution in [2.75, 3.05) is 12.4 Å². The fourth-order valence-electron chi connectivity index (χ4n) is 2.06. The third kappa shape index (κ3) is 3.49. The molecule has 0 saturated carbocycles. The number of halogens is 2. The van der Waals surface area contributed by atoms with Gasteiger partial charge < -0.3 is 15.2 Å². The molecule has 0 atom stereocenters. The normalized spacial score (nSPS) is 10.0. The lowest BCUT2D eigenvalue weighted by Gasteiger charge is -2.11. The van der Waals surface area contributed by atoms with Gasteiger partial charge in [0.25, 0.3) is 0 Å². The quantitative estimate of drug-likeness (QED) is 0.703. The predicted molar refractivity (Wildman–Crippen MR) is 93.8 cm³/mol.